The first-order chi connectivity index (χ1) is 7.62. The van der Waals surface area contributed by atoms with Crippen molar-refractivity contribution in [1.82, 2.24) is 0 Å². The molecule has 0 amide bonds. The largest absolute Gasteiger partial charge is 0.321 e. The van der Waals surface area contributed by atoms with Crippen LogP contribution in [-0.4, -0.2) is 0 Å². The Kier molecular flexibility index (Phi) is 3.34. The summed E-state index contributed by atoms with van der Waals surface area (Å²) in [5.41, 5.74) is 9.47. The molecule has 1 aliphatic rings. The summed E-state index contributed by atoms with van der Waals surface area (Å²) in [6, 6.07) is 8.76. The fourth-order valence-corrected chi connectivity index (χ4v) is 3.06. The fraction of sp³-hybridized carbons (Fsp3) is 0.600. The number of fused-ring (bicyclic) bond motifs is 1. The number of aryl methyl sites for hydroxylation is 1. The lowest BCUT2D eigenvalue weighted by atomic mass is 9.79. The van der Waals surface area contributed by atoms with E-state index in [2.05, 4.69) is 38.1 Å². The summed E-state index contributed by atoms with van der Waals surface area (Å²) in [6.07, 6.45) is 5.99. The van der Waals surface area contributed by atoms with Gasteiger partial charge in [-0.05, 0) is 42.7 Å². The Morgan fingerprint density at radius 1 is 1.25 bits per heavy atom. The van der Waals surface area contributed by atoms with Crippen LogP contribution in [0.5, 0.6) is 0 Å². The average molecular weight is 217 g/mol. The summed E-state index contributed by atoms with van der Waals surface area (Å²) in [5.74, 6) is 0.663. The van der Waals surface area contributed by atoms with Crippen molar-refractivity contribution in [2.45, 2.75) is 51.5 Å². The van der Waals surface area contributed by atoms with Gasteiger partial charge in [0.2, 0.25) is 0 Å². The topological polar surface area (TPSA) is 26.0 Å². The number of hydrogen-bond donors (Lipinski definition) is 1. The van der Waals surface area contributed by atoms with Crippen LogP contribution in [0.3, 0.4) is 0 Å². The summed E-state index contributed by atoms with van der Waals surface area (Å²) >= 11 is 0. The first kappa shape index (κ1) is 11.7. The van der Waals surface area contributed by atoms with Crippen LogP contribution in [0.15, 0.2) is 24.3 Å². The average Bonchev–Trinajstić information content (AvgIpc) is 2.38. The zero-order valence-electron chi connectivity index (χ0n) is 10.5. The highest BCUT2D eigenvalue weighted by Gasteiger charge is 2.31. The van der Waals surface area contributed by atoms with Crippen LogP contribution in [-0.2, 0) is 12.0 Å². The van der Waals surface area contributed by atoms with Crippen LogP contribution in [0.25, 0.3) is 0 Å². The van der Waals surface area contributed by atoms with Gasteiger partial charge < -0.3 is 5.73 Å². The molecule has 88 valence electrons. The zero-order valence-corrected chi connectivity index (χ0v) is 10.5. The van der Waals surface area contributed by atoms with Gasteiger partial charge >= 0.3 is 0 Å². The predicted octanol–water partition coefficient (Wildman–Crippen LogP) is 3.61. The van der Waals surface area contributed by atoms with E-state index in [9.17, 15) is 0 Å². The van der Waals surface area contributed by atoms with Crippen molar-refractivity contribution in [1.29, 1.82) is 0 Å². The minimum atomic E-state index is -0.0821. The monoisotopic (exact) mass is 217 g/mol. The molecule has 1 nitrogen and oxygen atoms in total. The van der Waals surface area contributed by atoms with Crippen molar-refractivity contribution in [2.75, 3.05) is 0 Å². The third-order valence-electron chi connectivity index (χ3n) is 3.65. The van der Waals surface area contributed by atoms with Crippen LogP contribution in [0, 0.1) is 5.92 Å². The highest BCUT2D eigenvalue weighted by Crippen LogP contribution is 2.36. The van der Waals surface area contributed by atoms with E-state index in [4.69, 9.17) is 5.73 Å². The molecule has 0 radical (unpaired) electrons. The molecule has 0 fully saturated rings. The Balaban J connectivity index is 2.38. The standard InChI is InChI=1S/C15H23N/c1-12(2)11-15(16)10-6-5-8-13-7-3-4-9-14(13)15/h3-4,7,9,12H,5-6,8,10-11,16H2,1-2H3. The van der Waals surface area contributed by atoms with Gasteiger partial charge in [0.25, 0.3) is 0 Å². The van der Waals surface area contributed by atoms with E-state index in [0.29, 0.717) is 5.92 Å². The van der Waals surface area contributed by atoms with Crippen LogP contribution in [0.1, 0.15) is 50.7 Å². The maximum Gasteiger partial charge on any atom is 0.0414 e. The smallest absolute Gasteiger partial charge is 0.0414 e. The quantitative estimate of drug-likeness (QED) is 0.752. The SMILES string of the molecule is CC(C)CC1(N)CCCCc2ccccc21. The molecule has 1 heteroatoms. The van der Waals surface area contributed by atoms with Gasteiger partial charge in [-0.15, -0.1) is 0 Å². The van der Waals surface area contributed by atoms with Crippen molar-refractivity contribution in [2.24, 2.45) is 11.7 Å². The van der Waals surface area contributed by atoms with Gasteiger partial charge in [0, 0.05) is 5.54 Å². The van der Waals surface area contributed by atoms with E-state index in [-0.39, 0.29) is 5.54 Å². The molecule has 2 N–H and O–H groups in total. The number of benzene rings is 1. The third-order valence-corrected chi connectivity index (χ3v) is 3.65. The second-order valence-electron chi connectivity index (χ2n) is 5.62. The minimum Gasteiger partial charge on any atom is -0.321 e. The molecule has 1 aromatic rings. The summed E-state index contributed by atoms with van der Waals surface area (Å²) in [4.78, 5) is 0. The van der Waals surface area contributed by atoms with Gasteiger partial charge in [-0.2, -0.15) is 0 Å². The summed E-state index contributed by atoms with van der Waals surface area (Å²) in [5, 5.41) is 0. The van der Waals surface area contributed by atoms with Gasteiger partial charge in [0.05, 0.1) is 0 Å². The first-order valence-corrected chi connectivity index (χ1v) is 6.49. The molecule has 2 rings (SSSR count). The Bertz CT molecular complexity index is 356. The minimum absolute atomic E-state index is 0.0821. The zero-order chi connectivity index (χ0) is 11.6. The lowest BCUT2D eigenvalue weighted by molar-refractivity contribution is 0.323. The molecule has 0 saturated heterocycles. The van der Waals surface area contributed by atoms with Gasteiger partial charge in [0.1, 0.15) is 0 Å². The first-order valence-electron chi connectivity index (χ1n) is 6.49. The van der Waals surface area contributed by atoms with E-state index in [1.165, 1.54) is 30.4 Å². The molecule has 1 aromatic carbocycles. The van der Waals surface area contributed by atoms with Crippen molar-refractivity contribution in [3.05, 3.63) is 35.4 Å². The molecule has 0 saturated carbocycles. The van der Waals surface area contributed by atoms with E-state index >= 15 is 0 Å². The Hall–Kier alpha value is -0.820. The second kappa shape index (κ2) is 4.58. The highest BCUT2D eigenvalue weighted by molar-refractivity contribution is 5.34. The summed E-state index contributed by atoms with van der Waals surface area (Å²) in [6.45, 7) is 4.53. The van der Waals surface area contributed by atoms with Crippen molar-refractivity contribution in [3.63, 3.8) is 0 Å². The van der Waals surface area contributed by atoms with E-state index in [1.54, 1.807) is 0 Å². The molecule has 16 heavy (non-hydrogen) atoms. The Morgan fingerprint density at radius 2 is 2.00 bits per heavy atom. The van der Waals surface area contributed by atoms with Crippen LogP contribution >= 0.6 is 0 Å². The molecular weight excluding hydrogens is 194 g/mol. The molecule has 1 atom stereocenters. The molecule has 0 heterocycles. The molecule has 1 aliphatic carbocycles. The molecule has 0 aliphatic heterocycles. The van der Waals surface area contributed by atoms with E-state index in [1.807, 2.05) is 0 Å². The van der Waals surface area contributed by atoms with Crippen LogP contribution in [0.2, 0.25) is 0 Å². The van der Waals surface area contributed by atoms with Crippen LogP contribution in [0.4, 0.5) is 0 Å². The normalized spacial score (nSPS) is 25.2. The van der Waals surface area contributed by atoms with Crippen molar-refractivity contribution < 1.29 is 0 Å². The van der Waals surface area contributed by atoms with Crippen molar-refractivity contribution >= 4 is 0 Å². The maximum absolute atomic E-state index is 6.67. The molecule has 1 unspecified atom stereocenters. The lowest BCUT2D eigenvalue weighted by Crippen LogP contribution is -2.38. The van der Waals surface area contributed by atoms with Gasteiger partial charge in [-0.1, -0.05) is 44.5 Å². The van der Waals surface area contributed by atoms with Gasteiger partial charge in [-0.3, -0.25) is 0 Å². The number of rotatable bonds is 2. The fourth-order valence-electron chi connectivity index (χ4n) is 3.06. The third kappa shape index (κ3) is 2.30. The van der Waals surface area contributed by atoms with E-state index in [0.717, 1.165) is 12.8 Å². The predicted molar refractivity (Wildman–Crippen MR) is 69.3 cm³/mol. The Morgan fingerprint density at radius 3 is 2.75 bits per heavy atom. The molecular formula is C15H23N. The molecule has 0 aromatic heterocycles. The number of hydrogen-bond acceptors (Lipinski definition) is 1. The van der Waals surface area contributed by atoms with Gasteiger partial charge in [0.15, 0.2) is 0 Å². The van der Waals surface area contributed by atoms with Gasteiger partial charge in [-0.25, -0.2) is 0 Å². The highest BCUT2D eigenvalue weighted by atomic mass is 14.7. The number of nitrogens with two attached hydrogens (primary N) is 1. The van der Waals surface area contributed by atoms with Crippen LogP contribution < -0.4 is 5.73 Å². The van der Waals surface area contributed by atoms with E-state index < -0.39 is 0 Å². The molecule has 0 spiro atoms. The Labute approximate surface area is 99.0 Å². The maximum atomic E-state index is 6.67. The lowest BCUT2D eigenvalue weighted by Gasteiger charge is -2.32. The summed E-state index contributed by atoms with van der Waals surface area (Å²) < 4.78 is 0. The molecule has 0 bridgehead atoms. The second-order valence-corrected chi connectivity index (χ2v) is 5.62. The summed E-state index contributed by atoms with van der Waals surface area (Å²) in [7, 11) is 0. The van der Waals surface area contributed by atoms with Crippen molar-refractivity contribution in [3.8, 4) is 0 Å².